The monoisotopic (exact) mass is 394 g/mol. The summed E-state index contributed by atoms with van der Waals surface area (Å²) in [6, 6.07) is 5.18. The number of alkyl halides is 3. The summed E-state index contributed by atoms with van der Waals surface area (Å²) in [4.78, 5) is 0. The zero-order valence-electron chi connectivity index (χ0n) is 15.0. The van der Waals surface area contributed by atoms with Crippen LogP contribution in [0.5, 0.6) is 0 Å². The second-order valence-corrected chi connectivity index (χ2v) is 7.89. The zero-order chi connectivity index (χ0) is 19.5. The SMILES string of the molecule is CCO[C@@H]1C[C@@H](c2ccccc2C(F)(F)F)C(P(=O)(OC)OC)=C(C)O1. The fourth-order valence-corrected chi connectivity index (χ4v) is 4.74. The number of benzene rings is 1. The van der Waals surface area contributed by atoms with E-state index in [2.05, 4.69) is 0 Å². The Balaban J connectivity index is 2.66. The van der Waals surface area contributed by atoms with Crippen LogP contribution in [0.25, 0.3) is 0 Å². The minimum absolute atomic E-state index is 0.0170. The van der Waals surface area contributed by atoms with Gasteiger partial charge >= 0.3 is 13.8 Å². The van der Waals surface area contributed by atoms with Gasteiger partial charge in [-0.1, -0.05) is 18.2 Å². The molecule has 0 spiro atoms. The molecular weight excluding hydrogens is 372 g/mol. The van der Waals surface area contributed by atoms with Crippen LogP contribution in [0.2, 0.25) is 0 Å². The molecule has 5 nitrogen and oxygen atoms in total. The molecule has 0 fully saturated rings. The Morgan fingerprint density at radius 3 is 2.38 bits per heavy atom. The summed E-state index contributed by atoms with van der Waals surface area (Å²) >= 11 is 0. The van der Waals surface area contributed by atoms with E-state index in [9.17, 15) is 17.7 Å². The average molecular weight is 394 g/mol. The van der Waals surface area contributed by atoms with Gasteiger partial charge in [-0.3, -0.25) is 4.57 Å². The molecule has 0 N–H and O–H groups in total. The number of hydrogen-bond acceptors (Lipinski definition) is 5. The highest BCUT2D eigenvalue weighted by Crippen LogP contribution is 2.63. The van der Waals surface area contributed by atoms with Crippen molar-refractivity contribution in [3.8, 4) is 0 Å². The van der Waals surface area contributed by atoms with Gasteiger partial charge in [0, 0.05) is 33.2 Å². The van der Waals surface area contributed by atoms with Crippen molar-refractivity contribution >= 4 is 7.60 Å². The molecule has 2 atom stereocenters. The minimum Gasteiger partial charge on any atom is -0.469 e. The molecule has 0 radical (unpaired) electrons. The highest BCUT2D eigenvalue weighted by atomic mass is 31.2. The molecule has 146 valence electrons. The average Bonchev–Trinajstić information content (AvgIpc) is 2.60. The largest absolute Gasteiger partial charge is 0.469 e. The lowest BCUT2D eigenvalue weighted by Crippen LogP contribution is -2.28. The quantitative estimate of drug-likeness (QED) is 0.614. The number of allylic oxidation sites excluding steroid dienone is 2. The van der Waals surface area contributed by atoms with Crippen molar-refractivity contribution in [1.29, 1.82) is 0 Å². The summed E-state index contributed by atoms with van der Waals surface area (Å²) in [7, 11) is -1.45. The predicted octanol–water partition coefficient (Wildman–Crippen LogP) is 5.29. The van der Waals surface area contributed by atoms with Gasteiger partial charge in [0.1, 0.15) is 5.76 Å². The van der Waals surface area contributed by atoms with E-state index in [1.807, 2.05) is 0 Å². The van der Waals surface area contributed by atoms with Gasteiger partial charge in [-0.15, -0.1) is 0 Å². The minimum atomic E-state index is -4.56. The molecule has 1 heterocycles. The first-order valence-corrected chi connectivity index (χ1v) is 9.59. The lowest BCUT2D eigenvalue weighted by molar-refractivity contribution is -0.140. The maximum atomic E-state index is 13.5. The fourth-order valence-electron chi connectivity index (χ4n) is 3.13. The van der Waals surface area contributed by atoms with Gasteiger partial charge in [-0.2, -0.15) is 13.2 Å². The lowest BCUT2D eigenvalue weighted by Gasteiger charge is -2.35. The van der Waals surface area contributed by atoms with Crippen molar-refractivity contribution in [2.45, 2.75) is 38.7 Å². The van der Waals surface area contributed by atoms with Crippen LogP contribution in [0, 0.1) is 0 Å². The van der Waals surface area contributed by atoms with Gasteiger partial charge in [0.2, 0.25) is 0 Å². The molecule has 0 aromatic heterocycles. The summed E-state index contributed by atoms with van der Waals surface area (Å²) in [5.74, 6) is -0.701. The van der Waals surface area contributed by atoms with Crippen molar-refractivity contribution in [2.24, 2.45) is 0 Å². The van der Waals surface area contributed by atoms with Gasteiger partial charge in [0.15, 0.2) is 6.29 Å². The van der Waals surface area contributed by atoms with E-state index < -0.39 is 31.5 Å². The maximum absolute atomic E-state index is 13.5. The van der Waals surface area contributed by atoms with Crippen LogP contribution in [0.15, 0.2) is 35.3 Å². The van der Waals surface area contributed by atoms with Gasteiger partial charge < -0.3 is 18.5 Å². The normalized spacial score (nSPS) is 21.7. The van der Waals surface area contributed by atoms with E-state index >= 15 is 0 Å². The smallest absolute Gasteiger partial charge is 0.416 e. The van der Waals surface area contributed by atoms with Gasteiger partial charge in [0.05, 0.1) is 10.9 Å². The zero-order valence-corrected chi connectivity index (χ0v) is 15.9. The molecule has 1 aliphatic heterocycles. The summed E-state index contributed by atoms with van der Waals surface area (Å²) in [5, 5.41) is 0.0788. The highest BCUT2D eigenvalue weighted by molar-refractivity contribution is 7.58. The van der Waals surface area contributed by atoms with Crippen molar-refractivity contribution in [3.05, 3.63) is 46.5 Å². The molecule has 2 rings (SSSR count). The molecule has 0 amide bonds. The Kier molecular flexibility index (Phi) is 6.55. The molecule has 1 aliphatic rings. The molecule has 9 heteroatoms. The van der Waals surface area contributed by atoms with Crippen molar-refractivity contribution in [2.75, 3.05) is 20.8 Å². The van der Waals surface area contributed by atoms with Crippen molar-refractivity contribution in [3.63, 3.8) is 0 Å². The molecule has 1 aromatic carbocycles. The molecule has 26 heavy (non-hydrogen) atoms. The number of halogens is 3. The second kappa shape index (κ2) is 8.13. The first-order valence-electron chi connectivity index (χ1n) is 8.05. The fraction of sp³-hybridized carbons (Fsp3) is 0.529. The van der Waals surface area contributed by atoms with E-state index in [4.69, 9.17) is 18.5 Å². The lowest BCUT2D eigenvalue weighted by atomic mass is 9.89. The molecular formula is C17H22F3O5P. The third-order valence-corrected chi connectivity index (χ3v) is 6.38. The standard InChI is InChI=1S/C17H22F3O5P/c1-5-24-15-10-13(12-8-6-7-9-14(12)17(18,19)20)16(11(2)25-15)26(21,22-3)23-4/h6-9,13,15H,5,10H2,1-4H3/t13-,15-/m0/s1. The van der Waals surface area contributed by atoms with Gasteiger partial charge in [0.25, 0.3) is 0 Å². The number of ether oxygens (including phenoxy) is 2. The molecule has 1 aromatic rings. The molecule has 0 unspecified atom stereocenters. The Morgan fingerprint density at radius 2 is 1.85 bits per heavy atom. The third-order valence-electron chi connectivity index (χ3n) is 4.20. The van der Waals surface area contributed by atoms with Crippen LogP contribution < -0.4 is 0 Å². The van der Waals surface area contributed by atoms with Crippen LogP contribution in [-0.2, 0) is 29.3 Å². The summed E-state index contributed by atoms with van der Waals surface area (Å²) < 4.78 is 74.7. The Labute approximate surface area is 150 Å². The number of rotatable bonds is 6. The van der Waals surface area contributed by atoms with Gasteiger partial charge in [-0.25, -0.2) is 0 Å². The van der Waals surface area contributed by atoms with Crippen LogP contribution >= 0.6 is 7.60 Å². The van der Waals surface area contributed by atoms with Crippen LogP contribution in [0.4, 0.5) is 13.2 Å². The van der Waals surface area contributed by atoms with E-state index in [0.29, 0.717) is 6.61 Å². The topological polar surface area (TPSA) is 54.0 Å². The first kappa shape index (κ1) is 21.0. The number of hydrogen-bond donors (Lipinski definition) is 0. The van der Waals surface area contributed by atoms with E-state index in [-0.39, 0.29) is 23.1 Å². The van der Waals surface area contributed by atoms with Crippen LogP contribution in [0.3, 0.4) is 0 Å². The van der Waals surface area contributed by atoms with E-state index in [0.717, 1.165) is 6.07 Å². The maximum Gasteiger partial charge on any atom is 0.416 e. The van der Waals surface area contributed by atoms with Crippen molar-refractivity contribution < 1.29 is 36.3 Å². The van der Waals surface area contributed by atoms with Crippen molar-refractivity contribution in [1.82, 2.24) is 0 Å². The molecule has 0 saturated carbocycles. The summed E-state index contributed by atoms with van der Waals surface area (Å²) in [6.07, 6.45) is -5.25. The Bertz CT molecular complexity index is 709. The second-order valence-electron chi connectivity index (χ2n) is 5.68. The van der Waals surface area contributed by atoms with Crippen LogP contribution in [0.1, 0.15) is 37.3 Å². The van der Waals surface area contributed by atoms with E-state index in [1.165, 1.54) is 39.3 Å². The predicted molar refractivity (Wildman–Crippen MR) is 89.6 cm³/mol. The first-order chi connectivity index (χ1) is 12.2. The molecule has 0 aliphatic carbocycles. The van der Waals surface area contributed by atoms with Gasteiger partial charge in [-0.05, 0) is 25.5 Å². The Morgan fingerprint density at radius 1 is 1.23 bits per heavy atom. The highest BCUT2D eigenvalue weighted by Gasteiger charge is 2.45. The third kappa shape index (κ3) is 4.14. The Hall–Kier alpha value is -1.34. The molecule has 0 saturated heterocycles. The van der Waals surface area contributed by atoms with Crippen LogP contribution in [-0.4, -0.2) is 27.1 Å². The summed E-state index contributed by atoms with van der Waals surface area (Å²) in [6.45, 7) is 3.60. The van der Waals surface area contributed by atoms with E-state index in [1.54, 1.807) is 6.92 Å². The molecule has 0 bridgehead atoms. The summed E-state index contributed by atoms with van der Waals surface area (Å²) in [5.41, 5.74) is -0.817.